The largest absolute Gasteiger partial charge is 0.463 e. The smallest absolute Gasteiger partial charge is 0.332 e. The molecule has 27 heavy (non-hydrogen) atoms. The third-order valence-electron chi connectivity index (χ3n) is 3.51. The molecule has 0 aromatic heterocycles. The molecule has 142 valence electrons. The molecule has 2 rings (SSSR count). The van der Waals surface area contributed by atoms with Crippen molar-refractivity contribution in [3.63, 3.8) is 0 Å². The van der Waals surface area contributed by atoms with Crippen LogP contribution in [0, 0.1) is 17.0 Å². The predicted molar refractivity (Wildman–Crippen MR) is 99.2 cm³/mol. The molecule has 0 unspecified atom stereocenters. The van der Waals surface area contributed by atoms with Gasteiger partial charge in [0.05, 0.1) is 22.1 Å². The van der Waals surface area contributed by atoms with Crippen LogP contribution in [0.25, 0.3) is 5.70 Å². The molecule has 0 heterocycles. The third-order valence-corrected chi connectivity index (χ3v) is 4.89. The Morgan fingerprint density at radius 1 is 1.15 bits per heavy atom. The fraction of sp³-hybridized carbons (Fsp3) is 0.167. The van der Waals surface area contributed by atoms with Crippen LogP contribution in [0.15, 0.2) is 59.5 Å². The zero-order chi connectivity index (χ0) is 20.0. The highest BCUT2D eigenvalue weighted by Crippen LogP contribution is 2.20. The Kier molecular flexibility index (Phi) is 6.30. The van der Waals surface area contributed by atoms with Gasteiger partial charge in [0.2, 0.25) is 0 Å². The number of carbonyl (C=O) groups is 1. The quantitative estimate of drug-likeness (QED) is 0.336. The number of sulfonamides is 1. The molecule has 0 aliphatic heterocycles. The van der Waals surface area contributed by atoms with E-state index in [4.69, 9.17) is 4.74 Å². The molecule has 0 amide bonds. The van der Waals surface area contributed by atoms with E-state index in [9.17, 15) is 23.3 Å². The first-order chi connectivity index (χ1) is 12.7. The molecular weight excluding hydrogens is 372 g/mol. The minimum atomic E-state index is -3.97. The number of nitro benzene ring substituents is 1. The van der Waals surface area contributed by atoms with Gasteiger partial charge in [0, 0.05) is 18.2 Å². The Bertz CT molecular complexity index is 964. The van der Waals surface area contributed by atoms with Gasteiger partial charge in [-0.2, -0.15) is 0 Å². The molecule has 0 saturated heterocycles. The van der Waals surface area contributed by atoms with Crippen LogP contribution in [0.3, 0.4) is 0 Å². The van der Waals surface area contributed by atoms with Crippen LogP contribution < -0.4 is 4.72 Å². The Hall–Kier alpha value is -3.20. The van der Waals surface area contributed by atoms with E-state index < -0.39 is 20.9 Å². The standard InChI is InChI=1S/C18H18N2O6S/c1-3-26-18(21)12-17(14-6-8-15(9-7-14)20(22)23)19-27(24,25)16-10-4-13(2)5-11-16/h4-12,19H,3H2,1-2H3/b17-12-. The third kappa shape index (κ3) is 5.38. The van der Waals surface area contributed by atoms with Gasteiger partial charge in [0.25, 0.3) is 15.7 Å². The Morgan fingerprint density at radius 3 is 2.26 bits per heavy atom. The number of nitrogens with one attached hydrogen (secondary N) is 1. The van der Waals surface area contributed by atoms with Crippen LogP contribution in [-0.2, 0) is 19.6 Å². The molecule has 0 fully saturated rings. The molecule has 0 spiro atoms. The van der Waals surface area contributed by atoms with E-state index in [2.05, 4.69) is 4.72 Å². The van der Waals surface area contributed by atoms with Crippen LogP contribution in [0.1, 0.15) is 18.1 Å². The maximum atomic E-state index is 12.6. The second kappa shape index (κ2) is 8.45. The van der Waals surface area contributed by atoms with Crippen molar-refractivity contribution in [2.45, 2.75) is 18.7 Å². The van der Waals surface area contributed by atoms with Crippen molar-refractivity contribution in [1.82, 2.24) is 4.72 Å². The second-order valence-corrected chi connectivity index (χ2v) is 7.21. The van der Waals surface area contributed by atoms with Gasteiger partial charge in [-0.3, -0.25) is 14.8 Å². The molecule has 2 aromatic carbocycles. The van der Waals surface area contributed by atoms with Crippen molar-refractivity contribution in [2.75, 3.05) is 6.61 Å². The second-order valence-electron chi connectivity index (χ2n) is 5.53. The zero-order valence-electron chi connectivity index (χ0n) is 14.7. The number of rotatable bonds is 7. The van der Waals surface area contributed by atoms with Gasteiger partial charge in [-0.15, -0.1) is 0 Å². The zero-order valence-corrected chi connectivity index (χ0v) is 15.5. The lowest BCUT2D eigenvalue weighted by Gasteiger charge is -2.12. The topological polar surface area (TPSA) is 116 Å². The summed E-state index contributed by atoms with van der Waals surface area (Å²) in [5.74, 6) is -0.738. The van der Waals surface area contributed by atoms with Crippen LogP contribution in [0.4, 0.5) is 5.69 Å². The van der Waals surface area contributed by atoms with Crippen molar-refractivity contribution >= 4 is 27.4 Å². The normalized spacial score (nSPS) is 11.7. The summed E-state index contributed by atoms with van der Waals surface area (Å²) in [6.45, 7) is 3.56. The molecule has 0 bridgehead atoms. The van der Waals surface area contributed by atoms with Gasteiger partial charge in [-0.1, -0.05) is 17.7 Å². The van der Waals surface area contributed by atoms with E-state index in [1.165, 1.54) is 36.4 Å². The van der Waals surface area contributed by atoms with E-state index in [0.29, 0.717) is 0 Å². The number of aryl methyl sites for hydroxylation is 1. The molecular formula is C18H18N2O6S. The monoisotopic (exact) mass is 390 g/mol. The number of ether oxygens (including phenoxy) is 1. The Labute approximate surface area is 156 Å². The molecule has 1 N–H and O–H groups in total. The summed E-state index contributed by atoms with van der Waals surface area (Å²) in [4.78, 5) is 22.1. The van der Waals surface area contributed by atoms with Crippen molar-refractivity contribution < 1.29 is 22.9 Å². The SMILES string of the molecule is CCOC(=O)/C=C(\NS(=O)(=O)c1ccc(C)cc1)c1ccc([N+](=O)[O-])cc1. The van der Waals surface area contributed by atoms with Crippen molar-refractivity contribution in [1.29, 1.82) is 0 Å². The van der Waals surface area contributed by atoms with Gasteiger partial charge in [0.15, 0.2) is 0 Å². The maximum absolute atomic E-state index is 12.6. The molecule has 0 atom stereocenters. The average Bonchev–Trinajstić information content (AvgIpc) is 2.61. The fourth-order valence-electron chi connectivity index (χ4n) is 2.16. The number of hydrogen-bond donors (Lipinski definition) is 1. The van der Waals surface area contributed by atoms with Crippen molar-refractivity contribution in [2.24, 2.45) is 0 Å². The number of benzene rings is 2. The van der Waals surface area contributed by atoms with Crippen LogP contribution in [0.2, 0.25) is 0 Å². The first-order valence-electron chi connectivity index (χ1n) is 7.95. The number of non-ortho nitro benzene ring substituents is 1. The molecule has 2 aromatic rings. The minimum absolute atomic E-state index is 0.0183. The van der Waals surface area contributed by atoms with E-state index in [1.807, 2.05) is 6.92 Å². The van der Waals surface area contributed by atoms with Gasteiger partial charge in [0.1, 0.15) is 0 Å². The highest BCUT2D eigenvalue weighted by Gasteiger charge is 2.18. The summed E-state index contributed by atoms with van der Waals surface area (Å²) >= 11 is 0. The first kappa shape index (κ1) is 20.1. The molecule has 0 saturated carbocycles. The van der Waals surface area contributed by atoms with Gasteiger partial charge < -0.3 is 4.74 Å². The van der Waals surface area contributed by atoms with E-state index in [-0.39, 0.29) is 28.5 Å². The van der Waals surface area contributed by atoms with Crippen LogP contribution in [0.5, 0.6) is 0 Å². The highest BCUT2D eigenvalue weighted by atomic mass is 32.2. The highest BCUT2D eigenvalue weighted by molar-refractivity contribution is 7.89. The molecule has 0 aliphatic carbocycles. The minimum Gasteiger partial charge on any atom is -0.463 e. The summed E-state index contributed by atoms with van der Waals surface area (Å²) in [5, 5.41) is 10.8. The number of carbonyl (C=O) groups excluding carboxylic acids is 1. The Balaban J connectivity index is 2.42. The lowest BCUT2D eigenvalue weighted by molar-refractivity contribution is -0.384. The summed E-state index contributed by atoms with van der Waals surface area (Å²) < 4.78 is 32.4. The fourth-order valence-corrected chi connectivity index (χ4v) is 3.24. The number of nitrogens with zero attached hydrogens (tertiary/aromatic N) is 1. The Morgan fingerprint density at radius 2 is 1.74 bits per heavy atom. The number of hydrogen-bond acceptors (Lipinski definition) is 6. The lowest BCUT2D eigenvalue weighted by atomic mass is 10.1. The molecule has 0 radical (unpaired) electrons. The van der Waals surface area contributed by atoms with E-state index in [1.54, 1.807) is 19.1 Å². The van der Waals surface area contributed by atoms with Gasteiger partial charge in [-0.05, 0) is 43.7 Å². The maximum Gasteiger partial charge on any atom is 0.332 e. The summed E-state index contributed by atoms with van der Waals surface area (Å²) in [5.41, 5.74) is 0.968. The average molecular weight is 390 g/mol. The van der Waals surface area contributed by atoms with Gasteiger partial charge in [-0.25, -0.2) is 13.2 Å². The molecule has 9 heteroatoms. The number of nitro groups is 1. The van der Waals surface area contributed by atoms with E-state index in [0.717, 1.165) is 11.6 Å². The van der Waals surface area contributed by atoms with E-state index >= 15 is 0 Å². The van der Waals surface area contributed by atoms with Crippen molar-refractivity contribution in [3.8, 4) is 0 Å². The van der Waals surface area contributed by atoms with Crippen LogP contribution in [-0.4, -0.2) is 25.9 Å². The number of esters is 1. The molecule has 8 nitrogen and oxygen atoms in total. The first-order valence-corrected chi connectivity index (χ1v) is 9.44. The summed E-state index contributed by atoms with van der Waals surface area (Å²) in [6, 6.07) is 11.3. The van der Waals surface area contributed by atoms with Crippen molar-refractivity contribution in [3.05, 3.63) is 75.8 Å². The van der Waals surface area contributed by atoms with Gasteiger partial charge >= 0.3 is 5.97 Å². The predicted octanol–water partition coefficient (Wildman–Crippen LogP) is 2.79. The summed E-state index contributed by atoms with van der Waals surface area (Å²) in [6.07, 6.45) is 0.996. The molecule has 0 aliphatic rings. The summed E-state index contributed by atoms with van der Waals surface area (Å²) in [7, 11) is -3.97. The van der Waals surface area contributed by atoms with Crippen LogP contribution >= 0.6 is 0 Å². The lowest BCUT2D eigenvalue weighted by Crippen LogP contribution is -2.23.